The minimum atomic E-state index is -2.87. The van der Waals surface area contributed by atoms with Gasteiger partial charge < -0.3 is 14.8 Å². The molecule has 2 aliphatic rings. The molecule has 30 heavy (non-hydrogen) atoms. The molecule has 2 saturated heterocycles. The van der Waals surface area contributed by atoms with Gasteiger partial charge in [0.1, 0.15) is 11.6 Å². The molecule has 5 rings (SSSR count). The van der Waals surface area contributed by atoms with Crippen LogP contribution in [0.5, 0.6) is 0 Å². The van der Waals surface area contributed by atoms with Crippen LogP contribution >= 0.6 is 0 Å². The Kier molecular flexibility index (Phi) is 4.06. The normalized spacial score (nSPS) is 23.3. The number of carbonyl (C=O) groups excluding carboxylic acids is 1. The van der Waals surface area contributed by atoms with E-state index < -0.39 is 36.1 Å². The van der Waals surface area contributed by atoms with Crippen molar-refractivity contribution in [2.45, 2.75) is 25.3 Å². The smallest absolute Gasteiger partial charge is 0.266 e. The van der Waals surface area contributed by atoms with Gasteiger partial charge in [0.2, 0.25) is 5.91 Å². The summed E-state index contributed by atoms with van der Waals surface area (Å²) in [5.74, 6) is -5.44. The second kappa shape index (κ2) is 6.45. The molecule has 5 nitrogen and oxygen atoms in total. The summed E-state index contributed by atoms with van der Waals surface area (Å²) in [5, 5.41) is 0. The fraction of sp³-hybridized carbons (Fsp3) is 0.333. The second-order valence-corrected chi connectivity index (χ2v) is 7.90. The van der Waals surface area contributed by atoms with E-state index in [0.717, 1.165) is 12.1 Å². The van der Waals surface area contributed by atoms with Crippen LogP contribution in [0.1, 0.15) is 24.9 Å². The molecule has 1 amide bonds. The number of rotatable bonds is 3. The van der Waals surface area contributed by atoms with Crippen molar-refractivity contribution in [3.63, 3.8) is 0 Å². The molecule has 1 unspecified atom stereocenters. The van der Waals surface area contributed by atoms with Crippen molar-refractivity contribution in [1.29, 1.82) is 0 Å². The zero-order valence-electron chi connectivity index (χ0n) is 16.0. The Balaban J connectivity index is 1.51. The zero-order chi connectivity index (χ0) is 21.2. The van der Waals surface area contributed by atoms with Crippen LogP contribution < -0.4 is 9.80 Å². The number of nitrogens with one attached hydrogen (secondary N) is 1. The molecule has 2 atom stereocenters. The molecular weight excluding hydrogens is 400 g/mol. The Morgan fingerprint density at radius 1 is 1.13 bits per heavy atom. The van der Waals surface area contributed by atoms with Crippen LogP contribution in [0.15, 0.2) is 36.7 Å². The maximum Gasteiger partial charge on any atom is 0.266 e. The lowest BCUT2D eigenvalue weighted by Gasteiger charge is -2.46. The van der Waals surface area contributed by atoms with Crippen molar-refractivity contribution in [3.8, 4) is 0 Å². The maximum absolute atomic E-state index is 15.0. The van der Waals surface area contributed by atoms with Crippen LogP contribution in [0.2, 0.25) is 0 Å². The molecule has 3 aromatic rings. The average Bonchev–Trinajstić information content (AvgIpc) is 3.31. The van der Waals surface area contributed by atoms with E-state index >= 15 is 8.78 Å². The molecule has 0 bridgehead atoms. The highest BCUT2D eigenvalue weighted by molar-refractivity contribution is 6.04. The van der Waals surface area contributed by atoms with E-state index in [1.807, 2.05) is 0 Å². The van der Waals surface area contributed by atoms with E-state index in [2.05, 4.69) is 9.97 Å². The van der Waals surface area contributed by atoms with Crippen LogP contribution in [0, 0.1) is 17.6 Å². The number of H-pyrrole nitrogens is 1. The van der Waals surface area contributed by atoms with Gasteiger partial charge in [-0.3, -0.25) is 4.79 Å². The number of hydrogen-bond donors (Lipinski definition) is 1. The first-order chi connectivity index (χ1) is 14.2. The fourth-order valence-corrected chi connectivity index (χ4v) is 4.37. The monoisotopic (exact) mass is 418 g/mol. The summed E-state index contributed by atoms with van der Waals surface area (Å²) < 4.78 is 57.0. The van der Waals surface area contributed by atoms with Gasteiger partial charge in [-0.1, -0.05) is 6.92 Å². The number of fused-ring (bicyclic) bond motifs is 1. The third-order valence-electron chi connectivity index (χ3n) is 5.96. The van der Waals surface area contributed by atoms with Crippen molar-refractivity contribution in [2.75, 3.05) is 22.9 Å². The summed E-state index contributed by atoms with van der Waals surface area (Å²) in [4.78, 5) is 22.3. The number of amides is 1. The Hall–Kier alpha value is -3.10. The standard InChI is InChI=1S/C21H18F4N4O/c1-11-19(29(20(11)30)12-2-3-16-17(8-12)27-10-26-16)18-14(22)6-13(7-15(18)23)28-5-4-21(24,25)9-28/h2-3,6-8,10-11,19H,4-5,9H2,1H3,(H,26,27)/t11-,19?/m1/s1. The molecular formula is C21H18F4N4O. The molecule has 0 saturated carbocycles. The van der Waals surface area contributed by atoms with Crippen LogP contribution in [0.4, 0.5) is 28.9 Å². The Bertz CT molecular complexity index is 1140. The third-order valence-corrected chi connectivity index (χ3v) is 5.96. The minimum Gasteiger partial charge on any atom is -0.365 e. The number of halogens is 4. The molecule has 2 aliphatic heterocycles. The summed E-state index contributed by atoms with van der Waals surface area (Å²) >= 11 is 0. The van der Waals surface area contributed by atoms with Gasteiger partial charge in [0.15, 0.2) is 0 Å². The van der Waals surface area contributed by atoms with E-state index in [4.69, 9.17) is 0 Å². The average molecular weight is 418 g/mol. The summed E-state index contributed by atoms with van der Waals surface area (Å²) in [6.45, 7) is 1.08. The summed E-state index contributed by atoms with van der Waals surface area (Å²) in [6.07, 6.45) is 1.17. The first-order valence-electron chi connectivity index (χ1n) is 9.63. The van der Waals surface area contributed by atoms with Gasteiger partial charge in [0.25, 0.3) is 5.92 Å². The molecule has 156 valence electrons. The van der Waals surface area contributed by atoms with Crippen molar-refractivity contribution >= 4 is 28.3 Å². The zero-order valence-corrected chi connectivity index (χ0v) is 16.0. The van der Waals surface area contributed by atoms with Crippen molar-refractivity contribution in [3.05, 3.63) is 53.9 Å². The summed E-state index contributed by atoms with van der Waals surface area (Å²) in [5.41, 5.74) is 1.75. The number of aromatic nitrogens is 2. The first-order valence-corrected chi connectivity index (χ1v) is 9.63. The highest BCUT2D eigenvalue weighted by Crippen LogP contribution is 2.46. The Labute approximate surface area is 169 Å². The van der Waals surface area contributed by atoms with Gasteiger partial charge in [0.05, 0.1) is 35.9 Å². The topological polar surface area (TPSA) is 52.2 Å². The van der Waals surface area contributed by atoms with Crippen LogP contribution in [0.25, 0.3) is 11.0 Å². The second-order valence-electron chi connectivity index (χ2n) is 7.90. The predicted molar refractivity (Wildman–Crippen MR) is 104 cm³/mol. The van der Waals surface area contributed by atoms with Crippen molar-refractivity contribution < 1.29 is 22.4 Å². The lowest BCUT2D eigenvalue weighted by Crippen LogP contribution is -2.54. The number of nitrogens with zero attached hydrogens (tertiary/aromatic N) is 3. The van der Waals surface area contributed by atoms with Gasteiger partial charge in [-0.15, -0.1) is 0 Å². The van der Waals surface area contributed by atoms with Crippen LogP contribution in [0.3, 0.4) is 0 Å². The quantitative estimate of drug-likeness (QED) is 0.506. The molecule has 0 radical (unpaired) electrons. The van der Waals surface area contributed by atoms with Gasteiger partial charge in [-0.2, -0.15) is 0 Å². The largest absolute Gasteiger partial charge is 0.365 e. The number of imidazole rings is 1. The molecule has 9 heteroatoms. The van der Waals surface area contributed by atoms with Crippen molar-refractivity contribution in [1.82, 2.24) is 9.97 Å². The van der Waals surface area contributed by atoms with E-state index in [1.54, 1.807) is 25.1 Å². The van der Waals surface area contributed by atoms with Crippen LogP contribution in [-0.2, 0) is 4.79 Å². The maximum atomic E-state index is 15.0. The SMILES string of the molecule is C[C@H]1C(=O)N(c2ccc3nc[nH]c3c2)C1c1c(F)cc(N2CCC(F)(F)C2)cc1F. The molecule has 2 fully saturated rings. The number of alkyl halides is 2. The van der Waals surface area contributed by atoms with Gasteiger partial charge in [-0.25, -0.2) is 22.5 Å². The van der Waals surface area contributed by atoms with E-state index in [1.165, 1.54) is 16.1 Å². The number of β-lactam (4-membered cyclic amide) rings is 1. The molecule has 1 aromatic heterocycles. The summed E-state index contributed by atoms with van der Waals surface area (Å²) in [7, 11) is 0. The number of benzene rings is 2. The van der Waals surface area contributed by atoms with E-state index in [9.17, 15) is 13.6 Å². The van der Waals surface area contributed by atoms with Crippen molar-refractivity contribution in [2.24, 2.45) is 5.92 Å². The lowest BCUT2D eigenvalue weighted by molar-refractivity contribution is -0.129. The minimum absolute atomic E-state index is 0.0276. The molecule has 1 N–H and O–H groups in total. The lowest BCUT2D eigenvalue weighted by atomic mass is 9.82. The molecule has 3 heterocycles. The highest BCUT2D eigenvalue weighted by Gasteiger charge is 2.48. The van der Waals surface area contributed by atoms with E-state index in [0.29, 0.717) is 16.7 Å². The molecule has 2 aromatic carbocycles. The van der Waals surface area contributed by atoms with Gasteiger partial charge in [0, 0.05) is 29.9 Å². The van der Waals surface area contributed by atoms with E-state index in [-0.39, 0.29) is 30.1 Å². The molecule has 0 spiro atoms. The fourth-order valence-electron chi connectivity index (χ4n) is 4.37. The number of aromatic amines is 1. The highest BCUT2D eigenvalue weighted by atomic mass is 19.3. The van der Waals surface area contributed by atoms with Gasteiger partial charge >= 0.3 is 0 Å². The predicted octanol–water partition coefficient (Wildman–Crippen LogP) is 4.41. The van der Waals surface area contributed by atoms with Gasteiger partial charge in [-0.05, 0) is 30.3 Å². The number of carbonyl (C=O) groups is 1. The Morgan fingerprint density at radius 2 is 1.87 bits per heavy atom. The first kappa shape index (κ1) is 18.9. The number of hydrogen-bond acceptors (Lipinski definition) is 3. The summed E-state index contributed by atoms with van der Waals surface area (Å²) in [6, 6.07) is 6.42. The van der Waals surface area contributed by atoms with Crippen LogP contribution in [-0.4, -0.2) is 34.9 Å². The number of anilines is 2. The third kappa shape index (κ3) is 2.83. The Morgan fingerprint density at radius 3 is 2.53 bits per heavy atom. The molecule has 0 aliphatic carbocycles.